The van der Waals surface area contributed by atoms with Crippen LogP contribution in [0.25, 0.3) is 0 Å². The molecular formula is C5H9FO6. The molecule has 5 N–H and O–H groups in total. The summed E-state index contributed by atoms with van der Waals surface area (Å²) < 4.78 is 16.7. The third kappa shape index (κ3) is 1.56. The van der Waals surface area contributed by atoms with Gasteiger partial charge in [0, 0.05) is 0 Å². The van der Waals surface area contributed by atoms with Crippen LogP contribution in [0.2, 0.25) is 0 Å². The minimum atomic E-state index is -3.36. The lowest BCUT2D eigenvalue weighted by molar-refractivity contribution is -0.371. The van der Waals surface area contributed by atoms with Crippen LogP contribution in [0.4, 0.5) is 4.39 Å². The molecule has 12 heavy (non-hydrogen) atoms. The summed E-state index contributed by atoms with van der Waals surface area (Å²) >= 11 is 0. The van der Waals surface area contributed by atoms with Crippen LogP contribution in [0.5, 0.6) is 0 Å². The van der Waals surface area contributed by atoms with E-state index in [2.05, 4.69) is 4.74 Å². The summed E-state index contributed by atoms with van der Waals surface area (Å²) in [6, 6.07) is 0. The highest BCUT2D eigenvalue weighted by atomic mass is 19.1. The Hall–Kier alpha value is -0.310. The van der Waals surface area contributed by atoms with Gasteiger partial charge < -0.3 is 30.3 Å². The number of aliphatic hydroxyl groups excluding tert-OH is 2. The summed E-state index contributed by atoms with van der Waals surface area (Å²) in [7, 11) is 0. The maximum absolute atomic E-state index is 12.5. The molecule has 1 aliphatic heterocycles. The molecule has 7 heteroatoms. The van der Waals surface area contributed by atoms with E-state index >= 15 is 0 Å². The molecule has 0 saturated carbocycles. The molecule has 0 radical (unpaired) electrons. The Morgan fingerprint density at radius 2 is 1.67 bits per heavy atom. The molecule has 1 heterocycles. The van der Waals surface area contributed by atoms with Gasteiger partial charge in [-0.3, -0.25) is 0 Å². The summed E-state index contributed by atoms with van der Waals surface area (Å²) in [6.07, 6.45) is -8.07. The number of aliphatic hydroxyl groups is 5. The molecule has 1 aliphatic rings. The van der Waals surface area contributed by atoms with Gasteiger partial charge in [0.15, 0.2) is 18.6 Å². The number of hydrogen-bond acceptors (Lipinski definition) is 6. The van der Waals surface area contributed by atoms with Crippen molar-refractivity contribution in [3.05, 3.63) is 0 Å². The summed E-state index contributed by atoms with van der Waals surface area (Å²) in [4.78, 5) is 0. The normalized spacial score (nSPS) is 43.5. The molecule has 1 rings (SSSR count). The van der Waals surface area contributed by atoms with Crippen molar-refractivity contribution in [3.63, 3.8) is 0 Å². The second-order valence-corrected chi connectivity index (χ2v) is 2.57. The Labute approximate surface area is 66.4 Å². The molecule has 4 atom stereocenters. The molecular weight excluding hydrogens is 175 g/mol. The summed E-state index contributed by atoms with van der Waals surface area (Å²) in [5.74, 6) is -3.36. The first-order chi connectivity index (χ1) is 5.34. The number of halogens is 1. The molecule has 0 amide bonds. The zero-order chi connectivity index (χ0) is 9.52. The maximum Gasteiger partial charge on any atom is 0.306 e. The second-order valence-electron chi connectivity index (χ2n) is 2.57. The molecule has 1 fully saturated rings. The van der Waals surface area contributed by atoms with Gasteiger partial charge in [-0.05, 0) is 0 Å². The van der Waals surface area contributed by atoms with Crippen molar-refractivity contribution in [2.24, 2.45) is 0 Å². The predicted molar refractivity (Wildman–Crippen MR) is 31.2 cm³/mol. The lowest BCUT2D eigenvalue weighted by Crippen LogP contribution is -2.48. The summed E-state index contributed by atoms with van der Waals surface area (Å²) in [5, 5.41) is 42.8. The monoisotopic (exact) mass is 184 g/mol. The van der Waals surface area contributed by atoms with Crippen molar-refractivity contribution in [1.82, 2.24) is 0 Å². The molecule has 0 aromatic heterocycles. The van der Waals surface area contributed by atoms with Crippen molar-refractivity contribution < 1.29 is 34.7 Å². The maximum atomic E-state index is 12.5. The highest BCUT2D eigenvalue weighted by Gasteiger charge is 2.52. The van der Waals surface area contributed by atoms with E-state index in [9.17, 15) is 4.39 Å². The van der Waals surface area contributed by atoms with Crippen molar-refractivity contribution in [2.75, 3.05) is 0 Å². The number of alkyl halides is 1. The van der Waals surface area contributed by atoms with Crippen molar-refractivity contribution in [1.29, 1.82) is 0 Å². The Balaban J connectivity index is 2.71. The fourth-order valence-electron chi connectivity index (χ4n) is 0.962. The van der Waals surface area contributed by atoms with E-state index in [0.29, 0.717) is 0 Å². The van der Waals surface area contributed by atoms with Gasteiger partial charge in [0.2, 0.25) is 0 Å². The topological polar surface area (TPSA) is 110 Å². The lowest BCUT2D eigenvalue weighted by atomic mass is 10.1. The van der Waals surface area contributed by atoms with Gasteiger partial charge in [0.05, 0.1) is 0 Å². The van der Waals surface area contributed by atoms with Crippen LogP contribution in [-0.2, 0) is 4.74 Å². The molecule has 1 saturated heterocycles. The van der Waals surface area contributed by atoms with Gasteiger partial charge in [-0.25, -0.2) is 4.39 Å². The van der Waals surface area contributed by atoms with Crippen LogP contribution < -0.4 is 0 Å². The molecule has 0 aromatic carbocycles. The highest BCUT2D eigenvalue weighted by molar-refractivity contribution is 4.89. The van der Waals surface area contributed by atoms with E-state index < -0.39 is 30.6 Å². The Morgan fingerprint density at radius 3 is 1.83 bits per heavy atom. The molecule has 0 aliphatic carbocycles. The second kappa shape index (κ2) is 2.87. The minimum absolute atomic E-state index is 1.96. The third-order valence-corrected chi connectivity index (χ3v) is 1.58. The van der Waals surface area contributed by atoms with Crippen molar-refractivity contribution in [3.8, 4) is 0 Å². The predicted octanol–water partition coefficient (Wildman–Crippen LogP) is -2.97. The molecule has 0 aromatic rings. The first-order valence-electron chi connectivity index (χ1n) is 3.17. The molecule has 0 bridgehead atoms. The van der Waals surface area contributed by atoms with E-state index in [-0.39, 0.29) is 0 Å². The largest absolute Gasteiger partial charge is 0.387 e. The van der Waals surface area contributed by atoms with E-state index in [0.717, 1.165) is 0 Å². The zero-order valence-electron chi connectivity index (χ0n) is 5.83. The van der Waals surface area contributed by atoms with Crippen LogP contribution in [0, 0.1) is 0 Å². The molecule has 72 valence electrons. The van der Waals surface area contributed by atoms with E-state index in [1.165, 1.54) is 0 Å². The Kier molecular flexibility index (Phi) is 2.34. The first kappa shape index (κ1) is 9.78. The first-order valence-corrected chi connectivity index (χ1v) is 3.17. The molecule has 0 unspecified atom stereocenters. The van der Waals surface area contributed by atoms with Crippen LogP contribution >= 0.6 is 0 Å². The lowest BCUT2D eigenvalue weighted by Gasteiger charge is -2.22. The van der Waals surface area contributed by atoms with Crippen LogP contribution in [0.3, 0.4) is 0 Å². The van der Waals surface area contributed by atoms with Gasteiger partial charge in [-0.2, -0.15) is 0 Å². The number of ether oxygens (including phenoxy) is 1. The van der Waals surface area contributed by atoms with E-state index in [1.807, 2.05) is 0 Å². The van der Waals surface area contributed by atoms with Gasteiger partial charge >= 0.3 is 5.97 Å². The highest BCUT2D eigenvalue weighted by Crippen LogP contribution is 2.27. The third-order valence-electron chi connectivity index (χ3n) is 1.58. The summed E-state index contributed by atoms with van der Waals surface area (Å²) in [5.41, 5.74) is 0. The Bertz CT molecular complexity index is 168. The van der Waals surface area contributed by atoms with Crippen LogP contribution in [0.1, 0.15) is 0 Å². The minimum Gasteiger partial charge on any atom is -0.387 e. The Morgan fingerprint density at radius 1 is 1.17 bits per heavy atom. The molecule has 6 nitrogen and oxygen atoms in total. The summed E-state index contributed by atoms with van der Waals surface area (Å²) in [6.45, 7) is 0. The quantitative estimate of drug-likeness (QED) is 0.278. The zero-order valence-corrected chi connectivity index (χ0v) is 5.83. The standard InChI is InChI=1S/C5H9FO6/c6-1-2(7)3(5(9,10)11)12-4(1)8/h1-4,7-11H/t1-,2+,3+,4+/m1/s1. The van der Waals surface area contributed by atoms with E-state index in [1.54, 1.807) is 0 Å². The SMILES string of the molecule is O[C@H]1[C@@H](F)[C@@H](O)O[C@@H]1C(O)(O)O. The van der Waals surface area contributed by atoms with Crippen molar-refractivity contribution >= 4 is 0 Å². The van der Waals surface area contributed by atoms with Gasteiger partial charge in [-0.15, -0.1) is 0 Å². The molecule has 0 spiro atoms. The average Bonchev–Trinajstić information content (AvgIpc) is 2.15. The number of hydrogen-bond donors (Lipinski definition) is 5. The fraction of sp³-hybridized carbons (Fsp3) is 1.00. The fourth-order valence-corrected chi connectivity index (χ4v) is 0.962. The van der Waals surface area contributed by atoms with Crippen molar-refractivity contribution in [2.45, 2.75) is 30.6 Å². The number of rotatable bonds is 1. The van der Waals surface area contributed by atoms with E-state index in [4.69, 9.17) is 25.5 Å². The van der Waals surface area contributed by atoms with Crippen LogP contribution in [0.15, 0.2) is 0 Å². The van der Waals surface area contributed by atoms with Gasteiger partial charge in [0.1, 0.15) is 6.10 Å². The van der Waals surface area contributed by atoms with Crippen LogP contribution in [-0.4, -0.2) is 56.2 Å². The average molecular weight is 184 g/mol. The smallest absolute Gasteiger partial charge is 0.306 e. The van der Waals surface area contributed by atoms with Gasteiger partial charge in [-0.1, -0.05) is 0 Å². The van der Waals surface area contributed by atoms with Gasteiger partial charge in [0.25, 0.3) is 0 Å².